The molecule has 0 aliphatic carbocycles. The molecule has 3 heteroatoms. The summed E-state index contributed by atoms with van der Waals surface area (Å²) in [6.07, 6.45) is 7.70. The summed E-state index contributed by atoms with van der Waals surface area (Å²) in [5.41, 5.74) is 7.21. The number of unbranched alkanes of at least 4 members (excludes halogenated alkanes) is 5. The second-order valence-electron chi connectivity index (χ2n) is 5.47. The fourth-order valence-electron chi connectivity index (χ4n) is 2.30. The Balaban J connectivity index is 2.31. The zero-order valence-electron chi connectivity index (χ0n) is 12.8. The molecule has 0 saturated carbocycles. The van der Waals surface area contributed by atoms with E-state index in [2.05, 4.69) is 35.0 Å². The molecule has 114 valence electrons. The van der Waals surface area contributed by atoms with Crippen LogP contribution in [-0.4, -0.2) is 12.6 Å². The van der Waals surface area contributed by atoms with Crippen molar-refractivity contribution < 1.29 is 4.74 Å². The van der Waals surface area contributed by atoms with Crippen LogP contribution in [-0.2, 0) is 4.74 Å². The second-order valence-corrected chi connectivity index (χ2v) is 6.39. The Morgan fingerprint density at radius 3 is 2.25 bits per heavy atom. The molecule has 2 atom stereocenters. The van der Waals surface area contributed by atoms with Crippen LogP contribution in [0.15, 0.2) is 28.7 Å². The van der Waals surface area contributed by atoms with Crippen LogP contribution in [0.2, 0.25) is 0 Å². The molecule has 0 aliphatic rings. The minimum Gasteiger partial charge on any atom is -0.372 e. The van der Waals surface area contributed by atoms with E-state index in [1.54, 1.807) is 0 Å². The van der Waals surface area contributed by atoms with Gasteiger partial charge in [0.25, 0.3) is 0 Å². The minimum atomic E-state index is -0.00116. The molecule has 0 amide bonds. The number of rotatable bonds is 10. The molecule has 2 nitrogen and oxygen atoms in total. The summed E-state index contributed by atoms with van der Waals surface area (Å²) < 4.78 is 7.08. The molecule has 0 fully saturated rings. The first-order valence-electron chi connectivity index (χ1n) is 7.77. The molecule has 0 aromatic heterocycles. The highest BCUT2D eigenvalue weighted by Gasteiger charge is 2.16. The third-order valence-corrected chi connectivity index (χ3v) is 4.00. The quantitative estimate of drug-likeness (QED) is 0.592. The van der Waals surface area contributed by atoms with Gasteiger partial charge in [-0.3, -0.25) is 0 Å². The third-order valence-electron chi connectivity index (χ3n) is 3.47. The molecule has 0 heterocycles. The SMILES string of the molecule is CCCCCCCCOC(c1ccc(Br)cc1)C(C)N. The Kier molecular flexibility index (Phi) is 9.16. The summed E-state index contributed by atoms with van der Waals surface area (Å²) in [6.45, 7) is 5.05. The van der Waals surface area contributed by atoms with Gasteiger partial charge >= 0.3 is 0 Å². The van der Waals surface area contributed by atoms with Crippen LogP contribution < -0.4 is 5.73 Å². The van der Waals surface area contributed by atoms with Crippen LogP contribution >= 0.6 is 15.9 Å². The molecule has 0 saturated heterocycles. The fraction of sp³-hybridized carbons (Fsp3) is 0.647. The Bertz CT molecular complexity index is 351. The zero-order chi connectivity index (χ0) is 14.8. The van der Waals surface area contributed by atoms with Gasteiger partial charge in [-0.25, -0.2) is 0 Å². The molecular formula is C17H28BrNO. The number of halogens is 1. The van der Waals surface area contributed by atoms with E-state index >= 15 is 0 Å². The molecule has 1 aromatic carbocycles. The second kappa shape index (κ2) is 10.4. The minimum absolute atomic E-state index is 0.00116. The van der Waals surface area contributed by atoms with Crippen LogP contribution in [0.25, 0.3) is 0 Å². The Morgan fingerprint density at radius 2 is 1.65 bits per heavy atom. The molecule has 0 spiro atoms. The van der Waals surface area contributed by atoms with Gasteiger partial charge in [-0.2, -0.15) is 0 Å². The molecule has 1 aromatic rings. The van der Waals surface area contributed by atoms with Crippen LogP contribution in [0.3, 0.4) is 0 Å². The van der Waals surface area contributed by atoms with Gasteiger partial charge in [-0.05, 0) is 31.0 Å². The highest BCUT2D eigenvalue weighted by molar-refractivity contribution is 9.10. The molecule has 20 heavy (non-hydrogen) atoms. The predicted octanol–water partition coefficient (Wildman–Crippen LogP) is 5.21. The number of hydrogen-bond acceptors (Lipinski definition) is 2. The number of nitrogens with two attached hydrogens (primary N) is 1. The van der Waals surface area contributed by atoms with E-state index in [9.17, 15) is 0 Å². The van der Waals surface area contributed by atoms with Crippen molar-refractivity contribution in [3.63, 3.8) is 0 Å². The average molecular weight is 342 g/mol. The lowest BCUT2D eigenvalue weighted by Crippen LogP contribution is -2.27. The van der Waals surface area contributed by atoms with Gasteiger partial charge in [0, 0.05) is 17.1 Å². The molecular weight excluding hydrogens is 314 g/mol. The topological polar surface area (TPSA) is 35.2 Å². The van der Waals surface area contributed by atoms with Crippen molar-refractivity contribution in [1.82, 2.24) is 0 Å². The Labute approximate surface area is 132 Å². The predicted molar refractivity (Wildman–Crippen MR) is 89.9 cm³/mol. The summed E-state index contributed by atoms with van der Waals surface area (Å²) in [5.74, 6) is 0. The summed E-state index contributed by atoms with van der Waals surface area (Å²) in [5, 5.41) is 0. The van der Waals surface area contributed by atoms with E-state index in [1.165, 1.54) is 32.1 Å². The molecule has 0 bridgehead atoms. The largest absolute Gasteiger partial charge is 0.372 e. The lowest BCUT2D eigenvalue weighted by Gasteiger charge is -2.22. The van der Waals surface area contributed by atoms with E-state index in [0.29, 0.717) is 0 Å². The molecule has 1 rings (SSSR count). The highest BCUT2D eigenvalue weighted by atomic mass is 79.9. The van der Waals surface area contributed by atoms with Gasteiger partial charge in [0.15, 0.2) is 0 Å². The van der Waals surface area contributed by atoms with E-state index < -0.39 is 0 Å². The molecule has 0 radical (unpaired) electrons. The number of ether oxygens (including phenoxy) is 1. The smallest absolute Gasteiger partial charge is 0.0972 e. The normalized spacial score (nSPS) is 14.2. The Morgan fingerprint density at radius 1 is 1.05 bits per heavy atom. The van der Waals surface area contributed by atoms with Gasteiger partial charge in [0.2, 0.25) is 0 Å². The summed E-state index contributed by atoms with van der Waals surface area (Å²) >= 11 is 3.45. The van der Waals surface area contributed by atoms with Gasteiger partial charge in [0.05, 0.1) is 6.10 Å². The summed E-state index contributed by atoms with van der Waals surface area (Å²) in [6, 6.07) is 8.26. The van der Waals surface area contributed by atoms with Crippen LogP contribution in [0.4, 0.5) is 0 Å². The van der Waals surface area contributed by atoms with Crippen molar-refractivity contribution in [2.45, 2.75) is 64.5 Å². The van der Waals surface area contributed by atoms with Gasteiger partial charge in [-0.1, -0.05) is 67.1 Å². The first kappa shape index (κ1) is 17.7. The monoisotopic (exact) mass is 341 g/mol. The summed E-state index contributed by atoms with van der Waals surface area (Å²) in [7, 11) is 0. The van der Waals surface area contributed by atoms with Crippen molar-refractivity contribution >= 4 is 15.9 Å². The highest BCUT2D eigenvalue weighted by Crippen LogP contribution is 2.23. The van der Waals surface area contributed by atoms with Gasteiger partial charge in [-0.15, -0.1) is 0 Å². The fourth-order valence-corrected chi connectivity index (χ4v) is 2.56. The van der Waals surface area contributed by atoms with Crippen LogP contribution in [0.1, 0.15) is 64.0 Å². The summed E-state index contributed by atoms with van der Waals surface area (Å²) in [4.78, 5) is 0. The molecule has 2 N–H and O–H groups in total. The van der Waals surface area contributed by atoms with Crippen molar-refractivity contribution in [2.24, 2.45) is 5.73 Å². The number of benzene rings is 1. The standard InChI is InChI=1S/C17H28BrNO/c1-3-4-5-6-7-8-13-20-17(14(2)19)15-9-11-16(18)12-10-15/h9-12,14,17H,3-8,13,19H2,1-2H3. The lowest BCUT2D eigenvalue weighted by atomic mass is 10.0. The van der Waals surface area contributed by atoms with Crippen molar-refractivity contribution in [3.8, 4) is 0 Å². The maximum Gasteiger partial charge on any atom is 0.0972 e. The number of hydrogen-bond donors (Lipinski definition) is 1. The first-order chi connectivity index (χ1) is 9.65. The molecule has 2 unspecified atom stereocenters. The van der Waals surface area contributed by atoms with E-state index in [-0.39, 0.29) is 12.1 Å². The molecule has 0 aliphatic heterocycles. The Hall–Kier alpha value is -0.380. The lowest BCUT2D eigenvalue weighted by molar-refractivity contribution is 0.0358. The van der Waals surface area contributed by atoms with E-state index in [0.717, 1.165) is 23.1 Å². The van der Waals surface area contributed by atoms with Crippen LogP contribution in [0, 0.1) is 0 Å². The maximum atomic E-state index is 6.05. The van der Waals surface area contributed by atoms with Crippen molar-refractivity contribution in [2.75, 3.05) is 6.61 Å². The van der Waals surface area contributed by atoms with Crippen molar-refractivity contribution in [1.29, 1.82) is 0 Å². The third kappa shape index (κ3) is 6.87. The first-order valence-corrected chi connectivity index (χ1v) is 8.57. The van der Waals surface area contributed by atoms with Gasteiger partial charge < -0.3 is 10.5 Å². The average Bonchev–Trinajstić information content (AvgIpc) is 2.43. The van der Waals surface area contributed by atoms with E-state index in [4.69, 9.17) is 10.5 Å². The zero-order valence-corrected chi connectivity index (χ0v) is 14.4. The van der Waals surface area contributed by atoms with Crippen molar-refractivity contribution in [3.05, 3.63) is 34.3 Å². The van der Waals surface area contributed by atoms with E-state index in [1.807, 2.05) is 19.1 Å². The maximum absolute atomic E-state index is 6.05. The van der Waals surface area contributed by atoms with Gasteiger partial charge in [0.1, 0.15) is 0 Å². The van der Waals surface area contributed by atoms with Crippen LogP contribution in [0.5, 0.6) is 0 Å².